The number of hydrogen-bond donors (Lipinski definition) is 1. The predicted molar refractivity (Wildman–Crippen MR) is 134 cm³/mol. The number of anilines is 1. The van der Waals surface area contributed by atoms with Crippen LogP contribution in [0.15, 0.2) is 48.5 Å². The molecule has 0 saturated carbocycles. The molecular formula is C25H27Cl2N5. The molecule has 0 aliphatic heterocycles. The van der Waals surface area contributed by atoms with Gasteiger partial charge in [-0.25, -0.2) is 15.0 Å². The molecule has 0 spiro atoms. The quantitative estimate of drug-likeness (QED) is 0.260. The van der Waals surface area contributed by atoms with Crippen LogP contribution in [-0.4, -0.2) is 19.5 Å². The smallest absolute Gasteiger partial charge is 0.221 e. The Morgan fingerprint density at radius 3 is 2.41 bits per heavy atom. The summed E-state index contributed by atoms with van der Waals surface area (Å²) in [6.45, 7) is 3.12. The van der Waals surface area contributed by atoms with Crippen molar-refractivity contribution < 1.29 is 0 Å². The zero-order valence-corrected chi connectivity index (χ0v) is 19.7. The molecule has 32 heavy (non-hydrogen) atoms. The van der Waals surface area contributed by atoms with Crippen molar-refractivity contribution in [1.29, 1.82) is 0 Å². The van der Waals surface area contributed by atoms with Gasteiger partial charge in [0.15, 0.2) is 5.82 Å². The summed E-state index contributed by atoms with van der Waals surface area (Å²) in [5.41, 5.74) is 10.2. The number of fused-ring (bicyclic) bond motifs is 1. The zero-order chi connectivity index (χ0) is 22.5. The fourth-order valence-corrected chi connectivity index (χ4v) is 4.47. The van der Waals surface area contributed by atoms with E-state index >= 15 is 0 Å². The minimum Gasteiger partial charge on any atom is -0.368 e. The number of aryl methyl sites for hydroxylation is 1. The molecule has 0 fully saturated rings. The lowest BCUT2D eigenvalue weighted by molar-refractivity contribution is 0.566. The minimum atomic E-state index is 0.182. The zero-order valence-electron chi connectivity index (χ0n) is 18.2. The summed E-state index contributed by atoms with van der Waals surface area (Å²) in [7, 11) is 0. The number of nitrogens with two attached hydrogens (primary N) is 1. The van der Waals surface area contributed by atoms with Gasteiger partial charge in [0.1, 0.15) is 5.69 Å². The Morgan fingerprint density at radius 2 is 1.59 bits per heavy atom. The molecule has 166 valence electrons. The van der Waals surface area contributed by atoms with Gasteiger partial charge in [-0.15, -0.1) is 0 Å². The maximum Gasteiger partial charge on any atom is 0.221 e. The van der Waals surface area contributed by atoms with E-state index in [1.165, 1.54) is 32.1 Å². The van der Waals surface area contributed by atoms with Crippen LogP contribution in [0.4, 0.5) is 5.95 Å². The van der Waals surface area contributed by atoms with Gasteiger partial charge in [-0.3, -0.25) is 0 Å². The van der Waals surface area contributed by atoms with Crippen molar-refractivity contribution in [3.8, 4) is 22.8 Å². The lowest BCUT2D eigenvalue weighted by Gasteiger charge is -2.11. The normalized spacial score (nSPS) is 11.3. The second-order valence-electron chi connectivity index (χ2n) is 7.96. The molecule has 0 amide bonds. The number of aromatic nitrogens is 4. The standard InChI is InChI=1S/C25H27Cl2N5/c1-2-3-4-5-6-9-14-32-23-11-8-7-10-20(23)29-24(32)22-16-21(30-25(28)31-22)18-13-12-17(26)15-19(18)27/h7-8,10-13,15-16H,2-6,9,14H2,1H3,(H2,28,30,31). The van der Waals surface area contributed by atoms with Gasteiger partial charge < -0.3 is 10.3 Å². The van der Waals surface area contributed by atoms with Gasteiger partial charge in [-0.05, 0) is 42.8 Å². The molecule has 2 aromatic heterocycles. The number of nitrogens with zero attached hydrogens (tertiary/aromatic N) is 4. The van der Waals surface area contributed by atoms with Crippen LogP contribution in [0.25, 0.3) is 33.8 Å². The van der Waals surface area contributed by atoms with E-state index in [4.69, 9.17) is 33.9 Å². The number of hydrogen-bond acceptors (Lipinski definition) is 4. The van der Waals surface area contributed by atoms with Gasteiger partial charge in [0.25, 0.3) is 0 Å². The van der Waals surface area contributed by atoms with Crippen molar-refractivity contribution in [3.05, 3.63) is 58.6 Å². The summed E-state index contributed by atoms with van der Waals surface area (Å²) in [5.74, 6) is 0.974. The number of unbranched alkanes of at least 4 members (excludes halogenated alkanes) is 5. The average molecular weight is 468 g/mol. The first-order valence-corrected chi connectivity index (χ1v) is 11.9. The van der Waals surface area contributed by atoms with E-state index < -0.39 is 0 Å². The lowest BCUT2D eigenvalue weighted by atomic mass is 10.1. The molecule has 0 atom stereocenters. The van der Waals surface area contributed by atoms with E-state index in [-0.39, 0.29) is 5.95 Å². The van der Waals surface area contributed by atoms with Gasteiger partial charge in [0, 0.05) is 17.1 Å². The molecule has 0 unspecified atom stereocenters. The van der Waals surface area contributed by atoms with Crippen molar-refractivity contribution in [2.75, 3.05) is 5.73 Å². The Labute approximate surface area is 198 Å². The first kappa shape index (κ1) is 22.6. The molecule has 7 heteroatoms. The summed E-state index contributed by atoms with van der Waals surface area (Å²) in [4.78, 5) is 13.8. The molecule has 5 nitrogen and oxygen atoms in total. The molecule has 0 bridgehead atoms. The van der Waals surface area contributed by atoms with Crippen LogP contribution in [0, 0.1) is 0 Å². The maximum absolute atomic E-state index is 6.42. The van der Waals surface area contributed by atoms with Crippen LogP contribution in [-0.2, 0) is 6.54 Å². The Kier molecular flexibility index (Phi) is 7.28. The van der Waals surface area contributed by atoms with Crippen molar-refractivity contribution in [2.45, 2.75) is 52.0 Å². The molecule has 0 radical (unpaired) electrons. The van der Waals surface area contributed by atoms with Crippen LogP contribution < -0.4 is 5.73 Å². The third-order valence-electron chi connectivity index (χ3n) is 5.57. The number of benzene rings is 2. The SMILES string of the molecule is CCCCCCCCn1c(-c2cc(-c3ccc(Cl)cc3Cl)nc(N)n2)nc2ccccc21. The van der Waals surface area contributed by atoms with Crippen molar-refractivity contribution in [1.82, 2.24) is 19.5 Å². The van der Waals surface area contributed by atoms with Gasteiger partial charge >= 0.3 is 0 Å². The highest BCUT2D eigenvalue weighted by molar-refractivity contribution is 6.36. The van der Waals surface area contributed by atoms with Crippen LogP contribution in [0.5, 0.6) is 0 Å². The van der Waals surface area contributed by atoms with Gasteiger partial charge in [0.05, 0.1) is 21.7 Å². The van der Waals surface area contributed by atoms with Crippen molar-refractivity contribution in [3.63, 3.8) is 0 Å². The van der Waals surface area contributed by atoms with Crippen LogP contribution in [0.2, 0.25) is 10.0 Å². The summed E-state index contributed by atoms with van der Waals surface area (Å²) in [6.07, 6.45) is 7.40. The van der Waals surface area contributed by atoms with Crippen molar-refractivity contribution >= 4 is 40.2 Å². The first-order chi connectivity index (χ1) is 15.6. The van der Waals surface area contributed by atoms with Gasteiger partial charge in [0.2, 0.25) is 5.95 Å². The fourth-order valence-electron chi connectivity index (χ4n) is 3.96. The summed E-state index contributed by atoms with van der Waals surface area (Å²) >= 11 is 12.5. The third kappa shape index (κ3) is 5.05. The van der Waals surface area contributed by atoms with E-state index in [9.17, 15) is 0 Å². The van der Waals surface area contributed by atoms with Gasteiger partial charge in [-0.1, -0.05) is 74.4 Å². The largest absolute Gasteiger partial charge is 0.368 e. The monoisotopic (exact) mass is 467 g/mol. The molecule has 0 aliphatic rings. The van der Waals surface area contributed by atoms with Crippen LogP contribution in [0.1, 0.15) is 45.4 Å². The highest BCUT2D eigenvalue weighted by Gasteiger charge is 2.17. The van der Waals surface area contributed by atoms with Crippen LogP contribution >= 0.6 is 23.2 Å². The third-order valence-corrected chi connectivity index (χ3v) is 6.12. The molecule has 4 rings (SSSR count). The number of para-hydroxylation sites is 2. The predicted octanol–water partition coefficient (Wildman–Crippen LogP) is 7.41. The van der Waals surface area contributed by atoms with Crippen molar-refractivity contribution in [2.24, 2.45) is 0 Å². The van der Waals surface area contributed by atoms with Gasteiger partial charge in [-0.2, -0.15) is 0 Å². The first-order valence-electron chi connectivity index (χ1n) is 11.1. The Morgan fingerprint density at radius 1 is 0.844 bits per heavy atom. The topological polar surface area (TPSA) is 69.6 Å². The second-order valence-corrected chi connectivity index (χ2v) is 8.81. The molecular weight excluding hydrogens is 441 g/mol. The molecule has 2 N–H and O–H groups in total. The number of imidazole rings is 1. The maximum atomic E-state index is 6.42. The van der Waals surface area contributed by atoms with Crippen LogP contribution in [0.3, 0.4) is 0 Å². The molecule has 4 aromatic rings. The minimum absolute atomic E-state index is 0.182. The van der Waals surface area contributed by atoms with E-state index in [0.29, 0.717) is 21.4 Å². The van der Waals surface area contributed by atoms with E-state index in [2.05, 4.69) is 27.5 Å². The lowest BCUT2D eigenvalue weighted by Crippen LogP contribution is -2.05. The molecule has 2 aromatic carbocycles. The number of rotatable bonds is 9. The highest BCUT2D eigenvalue weighted by atomic mass is 35.5. The molecule has 0 aliphatic carbocycles. The Hall–Kier alpha value is -2.63. The molecule has 0 saturated heterocycles. The Bertz CT molecular complexity index is 1220. The summed E-state index contributed by atoms with van der Waals surface area (Å²) in [5, 5.41) is 1.09. The Balaban J connectivity index is 1.70. The van der Waals surface area contributed by atoms with E-state index in [0.717, 1.165) is 35.4 Å². The highest BCUT2D eigenvalue weighted by Crippen LogP contribution is 2.32. The van der Waals surface area contributed by atoms with E-state index in [1.807, 2.05) is 30.3 Å². The number of halogens is 2. The fraction of sp³-hybridized carbons (Fsp3) is 0.320. The van der Waals surface area contributed by atoms with E-state index in [1.54, 1.807) is 12.1 Å². The summed E-state index contributed by atoms with van der Waals surface area (Å²) in [6, 6.07) is 15.4. The molecule has 2 heterocycles. The second kappa shape index (κ2) is 10.3. The number of nitrogen functional groups attached to an aromatic ring is 1. The summed E-state index contributed by atoms with van der Waals surface area (Å²) < 4.78 is 2.24. The average Bonchev–Trinajstić information content (AvgIpc) is 3.14.